The smallest absolute Gasteiger partial charge is 0.136 e. The predicted octanol–water partition coefficient (Wildman–Crippen LogP) is 12.3. The molecule has 9 rings (SSSR count). The molecule has 4 heterocycles. The van der Waals surface area contributed by atoms with Crippen molar-refractivity contribution in [3.63, 3.8) is 0 Å². The minimum Gasteiger partial charge on any atom is -0.456 e. The maximum atomic E-state index is 6.45. The van der Waals surface area contributed by atoms with Crippen molar-refractivity contribution in [2.45, 2.75) is 40.0 Å². The standard InChI is InChI=1S/C35H29N2O.C11H8N.Ir/c1-20-10-12-29-27(16-20)33-21(2)25(19-32-34(33)24-8-6-7-9-31(24)38-32)26-17-22(11-13-28(26)37-29)30-18-23(14-15-36-30)35(3,4)5;1-2-6-10(7-3-1)11-8-4-5-9-12-11;/h6-10,12-19,37H,1-5H3;1-6,8-9H;/q2*-1;. The third-order valence-electron chi connectivity index (χ3n) is 9.43. The van der Waals surface area contributed by atoms with Crippen LogP contribution in [0, 0.1) is 26.0 Å². The molecule has 253 valence electrons. The Labute approximate surface area is 313 Å². The molecule has 0 fully saturated rings. The molecule has 0 saturated carbocycles. The Bertz CT molecular complexity index is 2480. The van der Waals surface area contributed by atoms with Gasteiger partial charge in [0.25, 0.3) is 0 Å². The predicted molar refractivity (Wildman–Crippen MR) is 207 cm³/mol. The third-order valence-corrected chi connectivity index (χ3v) is 9.43. The van der Waals surface area contributed by atoms with Gasteiger partial charge in [0.1, 0.15) is 11.2 Å². The summed E-state index contributed by atoms with van der Waals surface area (Å²) in [6.45, 7) is 11.1. The molecule has 2 bridgehead atoms. The molecule has 0 spiro atoms. The quantitative estimate of drug-likeness (QED) is 0.176. The normalized spacial score (nSPS) is 11.6. The molecule has 5 aromatic carbocycles. The van der Waals surface area contributed by atoms with Crippen LogP contribution in [0.15, 0.2) is 132 Å². The van der Waals surface area contributed by atoms with Crippen molar-refractivity contribution in [2.24, 2.45) is 0 Å². The van der Waals surface area contributed by atoms with E-state index in [2.05, 4.69) is 124 Å². The average molecular weight is 840 g/mol. The number of hydrogen-bond acceptors (Lipinski definition) is 4. The van der Waals surface area contributed by atoms with E-state index in [9.17, 15) is 0 Å². The Balaban J connectivity index is 0.000000265. The van der Waals surface area contributed by atoms with Crippen molar-refractivity contribution in [1.29, 1.82) is 0 Å². The van der Waals surface area contributed by atoms with Crippen molar-refractivity contribution in [1.82, 2.24) is 9.97 Å². The van der Waals surface area contributed by atoms with E-state index in [4.69, 9.17) is 9.40 Å². The zero-order valence-electron chi connectivity index (χ0n) is 29.3. The molecule has 51 heavy (non-hydrogen) atoms. The Kier molecular flexibility index (Phi) is 9.20. The number of aryl methyl sites for hydroxylation is 1. The number of furan rings is 1. The number of para-hydroxylation sites is 1. The largest absolute Gasteiger partial charge is 0.456 e. The summed E-state index contributed by atoms with van der Waals surface area (Å²) in [5.41, 5.74) is 16.3. The van der Waals surface area contributed by atoms with Gasteiger partial charge >= 0.3 is 0 Å². The van der Waals surface area contributed by atoms with Gasteiger partial charge in [0.05, 0.1) is 0 Å². The fourth-order valence-electron chi connectivity index (χ4n) is 6.81. The third kappa shape index (κ3) is 6.52. The Morgan fingerprint density at radius 1 is 0.647 bits per heavy atom. The fourth-order valence-corrected chi connectivity index (χ4v) is 6.81. The van der Waals surface area contributed by atoms with Crippen LogP contribution in [0.2, 0.25) is 0 Å². The van der Waals surface area contributed by atoms with E-state index in [0.29, 0.717) is 0 Å². The second kappa shape index (κ2) is 13.8. The van der Waals surface area contributed by atoms with Crippen molar-refractivity contribution in [3.05, 3.63) is 156 Å². The van der Waals surface area contributed by atoms with E-state index in [1.54, 1.807) is 6.20 Å². The van der Waals surface area contributed by atoms with Crippen LogP contribution in [0.5, 0.6) is 0 Å². The van der Waals surface area contributed by atoms with E-state index in [-0.39, 0.29) is 25.5 Å². The van der Waals surface area contributed by atoms with Crippen LogP contribution in [0.4, 0.5) is 11.4 Å². The number of nitrogens with one attached hydrogen (secondary N) is 1. The number of nitrogens with zero attached hydrogens (tertiary/aromatic N) is 2. The Morgan fingerprint density at radius 3 is 2.24 bits per heavy atom. The minimum atomic E-state index is 0. The van der Waals surface area contributed by atoms with Gasteiger partial charge in [-0.05, 0) is 95.0 Å². The second-order valence-electron chi connectivity index (χ2n) is 13.9. The molecular formula is C46H37IrN3O-2. The number of rotatable bonds is 2. The van der Waals surface area contributed by atoms with Crippen LogP contribution in [0.1, 0.15) is 37.5 Å². The molecule has 8 aromatic rings. The van der Waals surface area contributed by atoms with Gasteiger partial charge in [-0.2, -0.15) is 0 Å². The molecule has 0 amide bonds. The van der Waals surface area contributed by atoms with Gasteiger partial charge in [-0.15, -0.1) is 59.7 Å². The van der Waals surface area contributed by atoms with Gasteiger partial charge in [0, 0.05) is 54.5 Å². The van der Waals surface area contributed by atoms with Gasteiger partial charge in [0.2, 0.25) is 0 Å². The zero-order chi connectivity index (χ0) is 34.4. The number of fused-ring (bicyclic) bond motifs is 10. The fraction of sp³-hybridized carbons (Fsp3) is 0.130. The van der Waals surface area contributed by atoms with Gasteiger partial charge in [-0.25, -0.2) is 0 Å². The number of benzene rings is 5. The molecule has 5 heteroatoms. The average Bonchev–Trinajstić information content (AvgIpc) is 3.51. The first-order chi connectivity index (χ1) is 24.2. The van der Waals surface area contributed by atoms with Crippen LogP contribution < -0.4 is 5.32 Å². The van der Waals surface area contributed by atoms with Crippen molar-refractivity contribution < 1.29 is 24.5 Å². The second-order valence-corrected chi connectivity index (χ2v) is 13.9. The summed E-state index contributed by atoms with van der Waals surface area (Å²) < 4.78 is 6.45. The van der Waals surface area contributed by atoms with Crippen LogP contribution >= 0.6 is 0 Å². The molecule has 4 nitrogen and oxygen atoms in total. The summed E-state index contributed by atoms with van der Waals surface area (Å²) >= 11 is 0. The maximum absolute atomic E-state index is 6.45. The summed E-state index contributed by atoms with van der Waals surface area (Å²) in [5.74, 6) is 0. The van der Waals surface area contributed by atoms with Crippen LogP contribution in [0.25, 0.3) is 66.7 Å². The Morgan fingerprint density at radius 2 is 1.45 bits per heavy atom. The van der Waals surface area contributed by atoms with Crippen LogP contribution in [-0.4, -0.2) is 9.97 Å². The van der Waals surface area contributed by atoms with Crippen molar-refractivity contribution >= 4 is 33.3 Å². The summed E-state index contributed by atoms with van der Waals surface area (Å²) in [6, 6.07) is 46.1. The van der Waals surface area contributed by atoms with E-state index >= 15 is 0 Å². The molecule has 0 saturated heterocycles. The van der Waals surface area contributed by atoms with E-state index in [1.807, 2.05) is 54.7 Å². The van der Waals surface area contributed by atoms with E-state index < -0.39 is 0 Å². The monoisotopic (exact) mass is 840 g/mol. The van der Waals surface area contributed by atoms with Gasteiger partial charge in [-0.3, -0.25) is 0 Å². The summed E-state index contributed by atoms with van der Waals surface area (Å²) in [7, 11) is 0. The molecule has 1 radical (unpaired) electrons. The number of pyridine rings is 2. The van der Waals surface area contributed by atoms with Gasteiger partial charge in [0.15, 0.2) is 0 Å². The first kappa shape index (κ1) is 34.1. The molecule has 1 N–H and O–H groups in total. The number of aromatic nitrogens is 2. The molecule has 0 unspecified atom stereocenters. The summed E-state index contributed by atoms with van der Waals surface area (Å²) in [6.07, 6.45) is 3.69. The first-order valence-electron chi connectivity index (χ1n) is 17.0. The molecule has 0 aliphatic carbocycles. The first-order valence-corrected chi connectivity index (χ1v) is 17.0. The summed E-state index contributed by atoms with van der Waals surface area (Å²) in [5, 5.41) is 6.06. The maximum Gasteiger partial charge on any atom is 0.136 e. The molecule has 1 aliphatic rings. The van der Waals surface area contributed by atoms with Gasteiger partial charge in [-0.1, -0.05) is 74.4 Å². The van der Waals surface area contributed by atoms with E-state index in [1.165, 1.54) is 33.2 Å². The molecule has 0 atom stereocenters. The van der Waals surface area contributed by atoms with Crippen molar-refractivity contribution in [3.8, 4) is 44.8 Å². The zero-order valence-corrected chi connectivity index (χ0v) is 31.7. The summed E-state index contributed by atoms with van der Waals surface area (Å²) in [4.78, 5) is 8.94. The van der Waals surface area contributed by atoms with Gasteiger partial charge < -0.3 is 19.7 Å². The topological polar surface area (TPSA) is 51.0 Å². The molecule has 3 aromatic heterocycles. The van der Waals surface area contributed by atoms with Crippen LogP contribution in [0.3, 0.4) is 0 Å². The van der Waals surface area contributed by atoms with E-state index in [0.717, 1.165) is 61.6 Å². The minimum absolute atomic E-state index is 0. The molecule has 1 aliphatic heterocycles. The number of hydrogen-bond donors (Lipinski definition) is 1. The van der Waals surface area contributed by atoms with Crippen molar-refractivity contribution in [2.75, 3.05) is 5.32 Å². The number of anilines is 2. The van der Waals surface area contributed by atoms with Crippen LogP contribution in [-0.2, 0) is 25.5 Å². The molecular weight excluding hydrogens is 803 g/mol. The SMILES string of the molecule is Cc1ccc2c(c1)-c1c(C)c(cc3oc4ccccc4c13)-c1cc(-c3cc(C(C)(C)C)ccn3)[c-]cc1N2.[Ir].[c-]1ccccc1-c1ccccn1. The Hall–Kier alpha value is -5.35.